The summed E-state index contributed by atoms with van der Waals surface area (Å²) in [4.78, 5) is 12.7. The standard InChI is InChI=1S/C20H19FN4O2/c1-12-7-14(22-2)9-17-19(12)20(24-11-23-17)25-16-4-3-13(21)8-18(16)27-15-5-6-26-10-15/h3-4,7-9,11,15H,2,5-6,10H2,1H3,(H,23,24,25). The molecule has 1 aromatic heterocycles. The van der Waals surface area contributed by atoms with Gasteiger partial charge in [0, 0.05) is 17.9 Å². The van der Waals surface area contributed by atoms with Crippen molar-refractivity contribution in [2.75, 3.05) is 18.5 Å². The number of aryl methyl sites for hydroxylation is 1. The molecule has 138 valence electrons. The van der Waals surface area contributed by atoms with E-state index in [2.05, 4.69) is 27.0 Å². The Morgan fingerprint density at radius 3 is 2.96 bits per heavy atom. The van der Waals surface area contributed by atoms with Crippen LogP contribution in [0.15, 0.2) is 41.7 Å². The van der Waals surface area contributed by atoms with E-state index in [1.165, 1.54) is 18.5 Å². The smallest absolute Gasteiger partial charge is 0.146 e. The van der Waals surface area contributed by atoms with Gasteiger partial charge >= 0.3 is 0 Å². The molecule has 0 radical (unpaired) electrons. The molecule has 0 amide bonds. The number of hydrogen-bond acceptors (Lipinski definition) is 6. The van der Waals surface area contributed by atoms with E-state index in [1.54, 1.807) is 6.07 Å². The lowest BCUT2D eigenvalue weighted by Crippen LogP contribution is -2.16. The number of aliphatic imine (C=N–C) groups is 1. The van der Waals surface area contributed by atoms with Crippen LogP contribution in [0.25, 0.3) is 10.9 Å². The highest BCUT2D eigenvalue weighted by Gasteiger charge is 2.20. The second kappa shape index (κ2) is 7.28. The minimum absolute atomic E-state index is 0.0857. The molecule has 7 heteroatoms. The van der Waals surface area contributed by atoms with E-state index in [-0.39, 0.29) is 11.9 Å². The van der Waals surface area contributed by atoms with Gasteiger partial charge < -0.3 is 14.8 Å². The number of nitrogens with zero attached hydrogens (tertiary/aromatic N) is 3. The number of nitrogens with one attached hydrogen (secondary N) is 1. The largest absolute Gasteiger partial charge is 0.486 e. The minimum atomic E-state index is -0.361. The second-order valence-electron chi connectivity index (χ2n) is 6.41. The molecule has 1 saturated heterocycles. The van der Waals surface area contributed by atoms with Crippen molar-refractivity contribution in [1.29, 1.82) is 0 Å². The van der Waals surface area contributed by atoms with Crippen LogP contribution in [-0.4, -0.2) is 36.0 Å². The molecule has 2 aromatic carbocycles. The fourth-order valence-electron chi connectivity index (χ4n) is 3.17. The summed E-state index contributed by atoms with van der Waals surface area (Å²) in [6.45, 7) is 6.68. The molecular formula is C20H19FN4O2. The first-order valence-corrected chi connectivity index (χ1v) is 8.67. The summed E-state index contributed by atoms with van der Waals surface area (Å²) < 4.78 is 25.1. The number of rotatable bonds is 5. The van der Waals surface area contributed by atoms with Crippen LogP contribution in [0.3, 0.4) is 0 Å². The van der Waals surface area contributed by atoms with Crippen LogP contribution in [0.5, 0.6) is 5.75 Å². The lowest BCUT2D eigenvalue weighted by atomic mass is 10.1. The van der Waals surface area contributed by atoms with Gasteiger partial charge in [-0.1, -0.05) is 0 Å². The van der Waals surface area contributed by atoms with Crippen LogP contribution in [0.4, 0.5) is 21.6 Å². The van der Waals surface area contributed by atoms with Crippen LogP contribution in [0, 0.1) is 12.7 Å². The molecule has 0 saturated carbocycles. The Labute approximate surface area is 156 Å². The molecule has 1 fully saturated rings. The van der Waals surface area contributed by atoms with Crippen LogP contribution in [-0.2, 0) is 4.74 Å². The van der Waals surface area contributed by atoms with Gasteiger partial charge in [-0.3, -0.25) is 4.99 Å². The van der Waals surface area contributed by atoms with Crippen molar-refractivity contribution in [3.8, 4) is 5.75 Å². The number of aromatic nitrogens is 2. The molecule has 0 spiro atoms. The molecule has 3 aromatic rings. The maximum Gasteiger partial charge on any atom is 0.146 e. The van der Waals surface area contributed by atoms with Crippen molar-refractivity contribution in [1.82, 2.24) is 9.97 Å². The van der Waals surface area contributed by atoms with E-state index in [4.69, 9.17) is 9.47 Å². The summed E-state index contributed by atoms with van der Waals surface area (Å²) in [5.74, 6) is 0.687. The number of ether oxygens (including phenoxy) is 2. The quantitative estimate of drug-likeness (QED) is 0.681. The topological polar surface area (TPSA) is 68.6 Å². The van der Waals surface area contributed by atoms with Gasteiger partial charge in [0.2, 0.25) is 0 Å². The van der Waals surface area contributed by atoms with E-state index in [1.807, 2.05) is 19.1 Å². The molecule has 1 unspecified atom stereocenters. The van der Waals surface area contributed by atoms with Crippen molar-refractivity contribution >= 4 is 34.8 Å². The average Bonchev–Trinajstić information content (AvgIpc) is 3.16. The molecule has 1 atom stereocenters. The maximum atomic E-state index is 13.8. The molecule has 1 aliphatic heterocycles. The van der Waals surface area contributed by atoms with E-state index < -0.39 is 0 Å². The first-order chi connectivity index (χ1) is 13.1. The molecule has 2 heterocycles. The number of fused-ring (bicyclic) bond motifs is 1. The van der Waals surface area contributed by atoms with Crippen molar-refractivity contribution in [2.24, 2.45) is 4.99 Å². The predicted octanol–water partition coefficient (Wildman–Crippen LogP) is 4.32. The number of halogens is 1. The fraction of sp³-hybridized carbons (Fsp3) is 0.250. The summed E-state index contributed by atoms with van der Waals surface area (Å²) in [6, 6.07) is 8.16. The van der Waals surface area contributed by atoms with Gasteiger partial charge in [-0.15, -0.1) is 0 Å². The van der Waals surface area contributed by atoms with Crippen LogP contribution in [0.2, 0.25) is 0 Å². The van der Waals surface area contributed by atoms with Gasteiger partial charge in [0.25, 0.3) is 0 Å². The fourth-order valence-corrected chi connectivity index (χ4v) is 3.17. The van der Waals surface area contributed by atoms with Crippen molar-refractivity contribution in [3.05, 3.63) is 48.0 Å². The minimum Gasteiger partial charge on any atom is -0.486 e. The Bertz CT molecular complexity index is 1000. The zero-order valence-electron chi connectivity index (χ0n) is 14.9. The summed E-state index contributed by atoms with van der Waals surface area (Å²) in [6.07, 6.45) is 2.17. The van der Waals surface area contributed by atoms with Gasteiger partial charge in [-0.2, -0.15) is 0 Å². The van der Waals surface area contributed by atoms with Crippen molar-refractivity contribution in [2.45, 2.75) is 19.4 Å². The van der Waals surface area contributed by atoms with E-state index in [0.29, 0.717) is 30.5 Å². The second-order valence-corrected chi connectivity index (χ2v) is 6.41. The Kier molecular flexibility index (Phi) is 4.68. The molecule has 6 nitrogen and oxygen atoms in total. The van der Waals surface area contributed by atoms with Crippen molar-refractivity contribution in [3.63, 3.8) is 0 Å². The first-order valence-electron chi connectivity index (χ1n) is 8.67. The van der Waals surface area contributed by atoms with Crippen LogP contribution < -0.4 is 10.1 Å². The number of anilines is 2. The SMILES string of the molecule is C=Nc1cc(C)c2c(Nc3ccc(F)cc3OC3CCOC3)ncnc2c1. The zero-order valence-corrected chi connectivity index (χ0v) is 14.9. The summed E-state index contributed by atoms with van der Waals surface area (Å²) in [5.41, 5.74) is 3.10. The van der Waals surface area contributed by atoms with E-state index >= 15 is 0 Å². The van der Waals surface area contributed by atoms with Gasteiger partial charge in [-0.25, -0.2) is 14.4 Å². The van der Waals surface area contributed by atoms with E-state index in [9.17, 15) is 4.39 Å². The zero-order chi connectivity index (χ0) is 18.8. The maximum absolute atomic E-state index is 13.8. The van der Waals surface area contributed by atoms with Crippen LogP contribution >= 0.6 is 0 Å². The van der Waals surface area contributed by atoms with Gasteiger partial charge in [-0.05, 0) is 43.5 Å². The van der Waals surface area contributed by atoms with E-state index in [0.717, 1.165) is 28.6 Å². The Balaban J connectivity index is 1.73. The van der Waals surface area contributed by atoms with Crippen molar-refractivity contribution < 1.29 is 13.9 Å². The monoisotopic (exact) mass is 366 g/mol. The third kappa shape index (κ3) is 3.59. The van der Waals surface area contributed by atoms with Gasteiger partial charge in [0.05, 0.1) is 30.1 Å². The highest BCUT2D eigenvalue weighted by atomic mass is 19.1. The third-order valence-corrected chi connectivity index (χ3v) is 4.48. The molecule has 1 N–H and O–H groups in total. The van der Waals surface area contributed by atoms with Gasteiger partial charge in [0.1, 0.15) is 29.8 Å². The predicted molar refractivity (Wildman–Crippen MR) is 103 cm³/mol. The molecule has 27 heavy (non-hydrogen) atoms. The Hall–Kier alpha value is -3.06. The number of benzene rings is 2. The molecule has 4 rings (SSSR count). The number of hydrogen-bond donors (Lipinski definition) is 1. The Morgan fingerprint density at radius 2 is 2.19 bits per heavy atom. The molecular weight excluding hydrogens is 347 g/mol. The normalized spacial score (nSPS) is 16.4. The average molecular weight is 366 g/mol. The first kappa shape index (κ1) is 17.4. The molecule has 0 aliphatic carbocycles. The highest BCUT2D eigenvalue weighted by Crippen LogP contribution is 2.34. The van der Waals surface area contributed by atoms with Crippen LogP contribution in [0.1, 0.15) is 12.0 Å². The molecule has 0 bridgehead atoms. The third-order valence-electron chi connectivity index (χ3n) is 4.48. The lowest BCUT2D eigenvalue weighted by molar-refractivity contribution is 0.141. The highest BCUT2D eigenvalue weighted by molar-refractivity contribution is 5.95. The molecule has 1 aliphatic rings. The summed E-state index contributed by atoms with van der Waals surface area (Å²) >= 11 is 0. The summed E-state index contributed by atoms with van der Waals surface area (Å²) in [5, 5.41) is 4.13. The lowest BCUT2D eigenvalue weighted by Gasteiger charge is -2.17. The van der Waals surface area contributed by atoms with Gasteiger partial charge in [0.15, 0.2) is 0 Å². The summed E-state index contributed by atoms with van der Waals surface area (Å²) in [7, 11) is 0. The Morgan fingerprint density at radius 1 is 1.30 bits per heavy atom.